The topological polar surface area (TPSA) is 113 Å². The molecule has 2 aromatic carbocycles. The molecule has 1 heterocycles. The molecule has 0 bridgehead atoms. The van der Waals surface area contributed by atoms with Gasteiger partial charge in [-0.25, -0.2) is 12.7 Å². The SMILES string of the molecule is CCCNC(=O)C(CC)N(Cc1cccc(OC)c1)C(=O)CCN1C(=O)c2ccccc2S1(=O)=O. The Morgan fingerprint density at radius 1 is 1.11 bits per heavy atom. The molecule has 0 saturated heterocycles. The van der Waals surface area contributed by atoms with Gasteiger partial charge in [0.1, 0.15) is 16.7 Å². The molecule has 1 unspecified atom stereocenters. The van der Waals surface area contributed by atoms with E-state index in [1.165, 1.54) is 17.0 Å². The zero-order valence-corrected chi connectivity index (χ0v) is 21.0. The number of hydrogen-bond donors (Lipinski definition) is 1. The highest BCUT2D eigenvalue weighted by molar-refractivity contribution is 7.90. The number of sulfonamides is 1. The van der Waals surface area contributed by atoms with E-state index in [1.54, 1.807) is 37.4 Å². The summed E-state index contributed by atoms with van der Waals surface area (Å²) in [7, 11) is -2.48. The van der Waals surface area contributed by atoms with Crippen LogP contribution in [0.5, 0.6) is 5.75 Å². The maximum atomic E-state index is 13.4. The lowest BCUT2D eigenvalue weighted by Gasteiger charge is -2.31. The van der Waals surface area contributed by atoms with Gasteiger partial charge < -0.3 is 15.0 Å². The number of amides is 3. The first-order chi connectivity index (χ1) is 16.7. The number of hydrogen-bond acceptors (Lipinski definition) is 6. The molecule has 1 N–H and O–H groups in total. The summed E-state index contributed by atoms with van der Waals surface area (Å²) in [6.45, 7) is 4.06. The van der Waals surface area contributed by atoms with Crippen molar-refractivity contribution in [3.63, 3.8) is 0 Å². The van der Waals surface area contributed by atoms with Gasteiger partial charge in [-0.3, -0.25) is 14.4 Å². The summed E-state index contributed by atoms with van der Waals surface area (Å²) in [6, 6.07) is 12.4. The van der Waals surface area contributed by atoms with Gasteiger partial charge in [-0.05, 0) is 42.7 Å². The Labute approximate surface area is 206 Å². The van der Waals surface area contributed by atoms with E-state index in [4.69, 9.17) is 4.74 Å². The molecule has 0 saturated carbocycles. The summed E-state index contributed by atoms with van der Waals surface area (Å²) >= 11 is 0. The van der Waals surface area contributed by atoms with Crippen LogP contribution < -0.4 is 10.1 Å². The third kappa shape index (κ3) is 5.64. The predicted octanol–water partition coefficient (Wildman–Crippen LogP) is 2.56. The molecule has 9 nitrogen and oxygen atoms in total. The average molecular weight is 502 g/mol. The van der Waals surface area contributed by atoms with Crippen molar-refractivity contribution in [1.29, 1.82) is 0 Å². The highest BCUT2D eigenvalue weighted by Gasteiger charge is 2.41. The van der Waals surface area contributed by atoms with Crippen LogP contribution in [-0.4, -0.2) is 61.6 Å². The van der Waals surface area contributed by atoms with E-state index in [9.17, 15) is 22.8 Å². The van der Waals surface area contributed by atoms with Gasteiger partial charge in [0, 0.05) is 26.1 Å². The van der Waals surface area contributed by atoms with E-state index >= 15 is 0 Å². The van der Waals surface area contributed by atoms with Crippen LogP contribution in [0, 0.1) is 0 Å². The second kappa shape index (κ2) is 11.4. The first-order valence-corrected chi connectivity index (χ1v) is 13.0. The molecule has 2 aromatic rings. The zero-order valence-electron chi connectivity index (χ0n) is 20.2. The van der Waals surface area contributed by atoms with Gasteiger partial charge in [-0.1, -0.05) is 38.1 Å². The fraction of sp³-hybridized carbons (Fsp3) is 0.400. The summed E-state index contributed by atoms with van der Waals surface area (Å²) in [4.78, 5) is 40.4. The van der Waals surface area contributed by atoms with Crippen molar-refractivity contribution in [3.8, 4) is 5.75 Å². The van der Waals surface area contributed by atoms with E-state index < -0.39 is 27.9 Å². The molecule has 1 aliphatic rings. The number of methoxy groups -OCH3 is 1. The Hall–Kier alpha value is -3.40. The van der Waals surface area contributed by atoms with Crippen molar-refractivity contribution in [3.05, 3.63) is 59.7 Å². The molecule has 0 aliphatic carbocycles. The summed E-state index contributed by atoms with van der Waals surface area (Å²) in [6.07, 6.45) is 0.875. The zero-order chi connectivity index (χ0) is 25.6. The fourth-order valence-corrected chi connectivity index (χ4v) is 5.62. The fourth-order valence-electron chi connectivity index (χ4n) is 4.05. The minimum Gasteiger partial charge on any atom is -0.497 e. The van der Waals surface area contributed by atoms with E-state index in [0.29, 0.717) is 18.7 Å². The molecule has 0 aromatic heterocycles. The maximum absolute atomic E-state index is 13.4. The highest BCUT2D eigenvalue weighted by atomic mass is 32.2. The number of nitrogens with one attached hydrogen (secondary N) is 1. The molecule has 0 fully saturated rings. The van der Waals surface area contributed by atoms with Crippen molar-refractivity contribution < 1.29 is 27.5 Å². The van der Waals surface area contributed by atoms with Gasteiger partial charge in [-0.2, -0.15) is 0 Å². The first kappa shape index (κ1) is 26.2. The lowest BCUT2D eigenvalue weighted by Crippen LogP contribution is -2.49. The molecule has 188 valence electrons. The molecular weight excluding hydrogens is 470 g/mol. The van der Waals surface area contributed by atoms with Gasteiger partial charge >= 0.3 is 0 Å². The Kier molecular flexibility index (Phi) is 8.50. The molecule has 10 heteroatoms. The number of carbonyl (C=O) groups excluding carboxylic acids is 3. The standard InChI is InChI=1S/C25H31N3O6S/c1-4-14-26-24(30)21(5-2)27(17-18-9-8-10-19(16-18)34-3)23(29)13-15-28-25(31)20-11-6-7-12-22(20)35(28,32)33/h6-12,16,21H,4-5,13-15,17H2,1-3H3,(H,26,30). The van der Waals surface area contributed by atoms with Gasteiger partial charge in [-0.15, -0.1) is 0 Å². The Morgan fingerprint density at radius 2 is 1.86 bits per heavy atom. The molecule has 1 aliphatic heterocycles. The van der Waals surface area contributed by atoms with Gasteiger partial charge in [0.2, 0.25) is 11.8 Å². The average Bonchev–Trinajstić information content (AvgIpc) is 3.06. The number of fused-ring (bicyclic) bond motifs is 1. The number of rotatable bonds is 11. The first-order valence-electron chi connectivity index (χ1n) is 11.6. The predicted molar refractivity (Wildman–Crippen MR) is 130 cm³/mol. The molecule has 0 spiro atoms. The molecule has 3 amide bonds. The minimum atomic E-state index is -4.02. The Bertz CT molecular complexity index is 1200. The summed E-state index contributed by atoms with van der Waals surface area (Å²) in [5.74, 6) is -0.737. The van der Waals surface area contributed by atoms with Crippen molar-refractivity contribution in [2.75, 3.05) is 20.2 Å². The van der Waals surface area contributed by atoms with Gasteiger partial charge in [0.05, 0.1) is 12.7 Å². The van der Waals surface area contributed by atoms with Crippen LogP contribution in [-0.2, 0) is 26.2 Å². The monoisotopic (exact) mass is 501 g/mol. The van der Waals surface area contributed by atoms with Gasteiger partial charge in [0.15, 0.2) is 0 Å². The van der Waals surface area contributed by atoms with Crippen LogP contribution in [0.1, 0.15) is 49.0 Å². The molecule has 3 rings (SSSR count). The number of ether oxygens (including phenoxy) is 1. The smallest absolute Gasteiger partial charge is 0.269 e. The van der Waals surface area contributed by atoms with Crippen molar-refractivity contribution in [2.45, 2.75) is 50.6 Å². The summed E-state index contributed by atoms with van der Waals surface area (Å²) < 4.78 is 31.7. The van der Waals surface area contributed by atoms with E-state index in [0.717, 1.165) is 16.3 Å². The summed E-state index contributed by atoms with van der Waals surface area (Å²) in [5, 5.41) is 2.84. The van der Waals surface area contributed by atoms with Crippen molar-refractivity contribution in [1.82, 2.24) is 14.5 Å². The Balaban J connectivity index is 1.83. The maximum Gasteiger partial charge on any atom is 0.269 e. The van der Waals surface area contributed by atoms with Gasteiger partial charge in [0.25, 0.3) is 15.9 Å². The summed E-state index contributed by atoms with van der Waals surface area (Å²) in [5.41, 5.74) is 0.857. The number of nitrogens with zero attached hydrogens (tertiary/aromatic N) is 2. The second-order valence-corrected chi connectivity index (χ2v) is 10.0. The van der Waals surface area contributed by atoms with Crippen molar-refractivity contribution >= 4 is 27.7 Å². The van der Waals surface area contributed by atoms with Crippen molar-refractivity contribution in [2.24, 2.45) is 0 Å². The Morgan fingerprint density at radius 3 is 2.51 bits per heavy atom. The number of benzene rings is 2. The molecule has 1 atom stereocenters. The largest absolute Gasteiger partial charge is 0.497 e. The lowest BCUT2D eigenvalue weighted by molar-refractivity contribution is -0.141. The van der Waals surface area contributed by atoms with Crippen LogP contribution in [0.3, 0.4) is 0 Å². The van der Waals surface area contributed by atoms with Crippen LogP contribution in [0.15, 0.2) is 53.4 Å². The van der Waals surface area contributed by atoms with E-state index in [1.807, 2.05) is 19.9 Å². The van der Waals surface area contributed by atoms with E-state index in [2.05, 4.69) is 5.32 Å². The second-order valence-electron chi connectivity index (χ2n) is 8.22. The lowest BCUT2D eigenvalue weighted by atomic mass is 10.1. The molecular formula is C25H31N3O6S. The molecule has 0 radical (unpaired) electrons. The quantitative estimate of drug-likeness (QED) is 0.506. The van der Waals surface area contributed by atoms with Crippen LogP contribution in [0.4, 0.5) is 0 Å². The highest BCUT2D eigenvalue weighted by Crippen LogP contribution is 2.30. The van der Waals surface area contributed by atoms with E-state index in [-0.39, 0.29) is 35.9 Å². The molecule has 35 heavy (non-hydrogen) atoms. The normalized spacial score (nSPS) is 14.8. The van der Waals surface area contributed by atoms with Crippen LogP contribution >= 0.6 is 0 Å². The third-order valence-corrected chi connectivity index (χ3v) is 7.70. The van der Waals surface area contributed by atoms with Crippen LogP contribution in [0.25, 0.3) is 0 Å². The third-order valence-electron chi connectivity index (χ3n) is 5.86. The number of carbonyl (C=O) groups is 3. The van der Waals surface area contributed by atoms with Crippen LogP contribution in [0.2, 0.25) is 0 Å². The minimum absolute atomic E-state index is 0.0592.